The van der Waals surface area contributed by atoms with Crippen LogP contribution in [0.3, 0.4) is 0 Å². The maximum atomic E-state index is 12.5. The zero-order valence-corrected chi connectivity index (χ0v) is 33.9. The van der Waals surface area contributed by atoms with Crippen LogP contribution in [-0.2, 0) is 17.9 Å². The lowest BCUT2D eigenvalue weighted by molar-refractivity contribution is -0.117. The molecule has 0 aliphatic rings. The van der Waals surface area contributed by atoms with Crippen LogP contribution in [0.1, 0.15) is 21.7 Å². The molecule has 9 aromatic rings. The molecule has 5 N–H and O–H groups in total. The number of hydrogen-bond acceptors (Lipinski definition) is 11. The van der Waals surface area contributed by atoms with Crippen LogP contribution in [0.4, 0.5) is 11.6 Å². The summed E-state index contributed by atoms with van der Waals surface area (Å²) in [5.41, 5.74) is 13.5. The Kier molecular flexibility index (Phi) is 12.6. The predicted octanol–water partition coefficient (Wildman–Crippen LogP) is 8.54. The molecule has 0 fully saturated rings. The third-order valence-corrected chi connectivity index (χ3v) is 9.77. The van der Waals surface area contributed by atoms with E-state index in [1.807, 2.05) is 115 Å². The standard InChI is InChI=1S/C28H23N7O2.C20H15ClN4/c29-24(36)17-33-28(37)20-13-19(14-30-15-20)26-34-23-11-6-10-22(18-7-2-1-3-8-18)25(23)27(35-26)32-16-21-9-4-5-12-31-21;21-20-24-17-11-6-10-16(14-7-2-1-3-8-14)18(17)19(25-20)23-13-15-9-4-5-12-22-15/h1-15H,16-17H2,(H2,29,36)(H,33,37)(H,32,34,35);1-12H,13H2,(H,23,24,25). The second-order valence-corrected chi connectivity index (χ2v) is 14.2. The maximum absolute atomic E-state index is 12.5. The molecular weight excluding hydrogens is 798 g/mol. The average molecular weight is 836 g/mol. The highest BCUT2D eigenvalue weighted by molar-refractivity contribution is 6.29. The average Bonchev–Trinajstić information content (AvgIpc) is 3.32. The molecule has 0 bridgehead atoms. The number of nitrogens with two attached hydrogens (primary N) is 1. The van der Waals surface area contributed by atoms with Crippen molar-refractivity contribution in [2.75, 3.05) is 17.2 Å². The van der Waals surface area contributed by atoms with Crippen molar-refractivity contribution in [1.29, 1.82) is 0 Å². The van der Waals surface area contributed by atoms with Crippen LogP contribution >= 0.6 is 11.6 Å². The van der Waals surface area contributed by atoms with Gasteiger partial charge in [0.2, 0.25) is 11.2 Å². The Labute approximate surface area is 361 Å². The van der Waals surface area contributed by atoms with E-state index >= 15 is 0 Å². The van der Waals surface area contributed by atoms with Crippen LogP contribution in [0.15, 0.2) is 164 Å². The highest BCUT2D eigenvalue weighted by Crippen LogP contribution is 2.35. The van der Waals surface area contributed by atoms with Crippen molar-refractivity contribution < 1.29 is 9.59 Å². The van der Waals surface area contributed by atoms with Crippen molar-refractivity contribution in [3.8, 4) is 33.6 Å². The molecule has 0 aliphatic carbocycles. The molecule has 2 amide bonds. The number of hydrogen-bond donors (Lipinski definition) is 4. The summed E-state index contributed by atoms with van der Waals surface area (Å²) in [7, 11) is 0. The molecule has 0 radical (unpaired) electrons. The van der Waals surface area contributed by atoms with Gasteiger partial charge in [0.05, 0.1) is 58.4 Å². The maximum Gasteiger partial charge on any atom is 0.253 e. The fourth-order valence-corrected chi connectivity index (χ4v) is 6.92. The number of halogens is 1. The third kappa shape index (κ3) is 9.82. The summed E-state index contributed by atoms with van der Waals surface area (Å²) in [6, 6.07) is 45.4. The van der Waals surface area contributed by atoms with E-state index in [2.05, 4.69) is 59.1 Å². The van der Waals surface area contributed by atoms with E-state index < -0.39 is 11.8 Å². The number of nitrogens with one attached hydrogen (secondary N) is 3. The number of carbonyl (C=O) groups is 2. The van der Waals surface area contributed by atoms with E-state index in [-0.39, 0.29) is 17.4 Å². The molecule has 0 saturated heterocycles. The normalized spacial score (nSPS) is 10.7. The molecule has 0 atom stereocenters. The second kappa shape index (κ2) is 19.3. The molecule has 304 valence electrons. The van der Waals surface area contributed by atoms with Gasteiger partial charge in [-0.1, -0.05) is 97.1 Å². The highest BCUT2D eigenvalue weighted by Gasteiger charge is 2.17. The first-order valence-electron chi connectivity index (χ1n) is 19.6. The quantitative estimate of drug-likeness (QED) is 0.0864. The number of primary amides is 1. The number of rotatable bonds is 12. The van der Waals surface area contributed by atoms with Crippen molar-refractivity contribution in [3.05, 3.63) is 187 Å². The van der Waals surface area contributed by atoms with E-state index in [0.29, 0.717) is 36.1 Å². The first kappa shape index (κ1) is 40.6. The van der Waals surface area contributed by atoms with Crippen LogP contribution in [0.5, 0.6) is 0 Å². The van der Waals surface area contributed by atoms with Crippen LogP contribution in [-0.4, -0.2) is 53.2 Å². The van der Waals surface area contributed by atoms with Crippen LogP contribution in [0.25, 0.3) is 55.4 Å². The van der Waals surface area contributed by atoms with Crippen molar-refractivity contribution in [2.24, 2.45) is 5.73 Å². The zero-order chi connectivity index (χ0) is 42.7. The monoisotopic (exact) mass is 835 g/mol. The van der Waals surface area contributed by atoms with Crippen LogP contribution in [0, 0.1) is 0 Å². The number of amides is 2. The lowest BCUT2D eigenvalue weighted by atomic mass is 10.0. The van der Waals surface area contributed by atoms with Gasteiger partial charge in [0.15, 0.2) is 5.82 Å². The van der Waals surface area contributed by atoms with Gasteiger partial charge in [-0.2, -0.15) is 0 Å². The lowest BCUT2D eigenvalue weighted by Gasteiger charge is -2.14. The Hall–Kier alpha value is -8.16. The Balaban J connectivity index is 0.000000184. The number of pyridine rings is 3. The van der Waals surface area contributed by atoms with Crippen molar-refractivity contribution in [1.82, 2.24) is 40.2 Å². The van der Waals surface area contributed by atoms with E-state index in [0.717, 1.165) is 55.4 Å². The third-order valence-electron chi connectivity index (χ3n) is 9.60. The first-order valence-corrected chi connectivity index (χ1v) is 19.9. The zero-order valence-electron chi connectivity index (χ0n) is 33.1. The van der Waals surface area contributed by atoms with E-state index in [1.165, 1.54) is 6.20 Å². The van der Waals surface area contributed by atoms with Crippen molar-refractivity contribution in [3.63, 3.8) is 0 Å². The minimum Gasteiger partial charge on any atom is -0.368 e. The minimum absolute atomic E-state index is 0.223. The largest absolute Gasteiger partial charge is 0.368 e. The number of nitrogens with zero attached hydrogens (tertiary/aromatic N) is 7. The second-order valence-electron chi connectivity index (χ2n) is 13.8. The van der Waals surface area contributed by atoms with Gasteiger partial charge in [-0.05, 0) is 76.3 Å². The predicted molar refractivity (Wildman–Crippen MR) is 243 cm³/mol. The summed E-state index contributed by atoms with van der Waals surface area (Å²) in [5.74, 6) is 0.647. The minimum atomic E-state index is -0.631. The summed E-state index contributed by atoms with van der Waals surface area (Å²) >= 11 is 6.13. The van der Waals surface area contributed by atoms with Crippen LogP contribution in [0.2, 0.25) is 5.28 Å². The smallest absolute Gasteiger partial charge is 0.253 e. The van der Waals surface area contributed by atoms with Gasteiger partial charge >= 0.3 is 0 Å². The fraction of sp³-hybridized carbons (Fsp3) is 0.0625. The molecule has 62 heavy (non-hydrogen) atoms. The molecule has 5 aromatic heterocycles. The number of benzene rings is 4. The molecule has 14 heteroatoms. The number of carbonyl (C=O) groups excluding carboxylic acids is 2. The van der Waals surface area contributed by atoms with Gasteiger partial charge in [0.1, 0.15) is 11.6 Å². The number of aromatic nitrogens is 7. The lowest BCUT2D eigenvalue weighted by Crippen LogP contribution is -2.33. The molecule has 4 aromatic carbocycles. The Morgan fingerprint density at radius 2 is 1.11 bits per heavy atom. The molecular formula is C48H38ClN11O2. The summed E-state index contributed by atoms with van der Waals surface area (Å²) < 4.78 is 0. The molecule has 0 saturated carbocycles. The molecule has 13 nitrogen and oxygen atoms in total. The molecule has 5 heterocycles. The molecule has 0 unspecified atom stereocenters. The van der Waals surface area contributed by atoms with Gasteiger partial charge in [-0.15, -0.1) is 0 Å². The Morgan fingerprint density at radius 1 is 0.565 bits per heavy atom. The summed E-state index contributed by atoms with van der Waals surface area (Å²) in [4.78, 5) is 54.9. The highest BCUT2D eigenvalue weighted by atomic mass is 35.5. The van der Waals surface area contributed by atoms with Gasteiger partial charge in [0, 0.05) is 30.4 Å². The van der Waals surface area contributed by atoms with Crippen LogP contribution < -0.4 is 21.7 Å². The number of fused-ring (bicyclic) bond motifs is 2. The SMILES string of the molecule is Clc1nc(NCc2ccccn2)c2c(-c3ccccc3)cccc2n1.NC(=O)CNC(=O)c1cncc(-c2nc(NCc3ccccn3)c3c(-c4ccccc4)cccc3n2)c1. The fourth-order valence-electron chi connectivity index (χ4n) is 6.75. The van der Waals surface area contributed by atoms with E-state index in [4.69, 9.17) is 27.3 Å². The molecule has 0 spiro atoms. The molecule has 0 aliphatic heterocycles. The van der Waals surface area contributed by atoms with Crippen molar-refractivity contribution in [2.45, 2.75) is 13.1 Å². The summed E-state index contributed by atoms with van der Waals surface area (Å²) in [6.45, 7) is 0.759. The first-order chi connectivity index (χ1) is 30.4. The summed E-state index contributed by atoms with van der Waals surface area (Å²) in [6.07, 6.45) is 6.53. The van der Waals surface area contributed by atoms with E-state index in [9.17, 15) is 9.59 Å². The van der Waals surface area contributed by atoms with Gasteiger partial charge in [-0.3, -0.25) is 24.5 Å². The van der Waals surface area contributed by atoms with Crippen molar-refractivity contribution >= 4 is 56.9 Å². The van der Waals surface area contributed by atoms with Gasteiger partial charge < -0.3 is 21.7 Å². The summed E-state index contributed by atoms with van der Waals surface area (Å²) in [5, 5.41) is 11.3. The van der Waals surface area contributed by atoms with E-state index in [1.54, 1.807) is 24.7 Å². The Morgan fingerprint density at radius 3 is 1.66 bits per heavy atom. The van der Waals surface area contributed by atoms with Gasteiger partial charge in [0.25, 0.3) is 5.91 Å². The molecule has 9 rings (SSSR count). The Bertz CT molecular complexity index is 2980. The van der Waals surface area contributed by atoms with Gasteiger partial charge in [-0.25, -0.2) is 19.9 Å². The topological polar surface area (TPSA) is 186 Å². The number of anilines is 2.